The third kappa shape index (κ3) is 4.07. The number of primary sulfonamides is 1. The van der Waals surface area contributed by atoms with Gasteiger partial charge in [0.25, 0.3) is 0 Å². The van der Waals surface area contributed by atoms with Crippen molar-refractivity contribution in [1.82, 2.24) is 19.7 Å². The lowest BCUT2D eigenvalue weighted by Crippen LogP contribution is -2.14. The van der Waals surface area contributed by atoms with Crippen molar-refractivity contribution in [3.8, 4) is 0 Å². The molecule has 4 aromatic rings. The molecule has 0 saturated heterocycles. The van der Waals surface area contributed by atoms with Crippen LogP contribution in [-0.2, 0) is 17.1 Å². The highest BCUT2D eigenvalue weighted by Gasteiger charge is 2.14. The fraction of sp³-hybridized carbons (Fsp3) is 0.190. The number of nitrogens with zero attached hydrogens (tertiary/aromatic N) is 5. The Morgan fingerprint density at radius 3 is 2.74 bits per heavy atom. The number of rotatable bonds is 5. The van der Waals surface area contributed by atoms with Gasteiger partial charge >= 0.3 is 0 Å². The molecule has 0 radical (unpaired) electrons. The first-order chi connectivity index (χ1) is 15.8. The van der Waals surface area contributed by atoms with E-state index in [0.717, 1.165) is 28.4 Å². The highest BCUT2D eigenvalue weighted by Crippen LogP contribution is 2.28. The van der Waals surface area contributed by atoms with E-state index in [9.17, 15) is 8.42 Å². The quantitative estimate of drug-likeness (QED) is 0.489. The molecular formula is C21H23N7O2S. The third-order valence-electron chi connectivity index (χ3n) is 5.03. The van der Waals surface area contributed by atoms with Gasteiger partial charge in [0.2, 0.25) is 16.0 Å². The summed E-state index contributed by atoms with van der Waals surface area (Å²) in [4.78, 5) is 10.1. The SMILES string of the molecule is [2H]C([2H])([2H])c1ccc(Nc2nccc(N(C)c3ccc4c(C)n(C)nc4c3)n2)cc1S(N)(=O)=O. The second-order valence-corrected chi connectivity index (χ2v) is 8.62. The highest BCUT2D eigenvalue weighted by atomic mass is 32.2. The van der Waals surface area contributed by atoms with Crippen molar-refractivity contribution in [1.29, 1.82) is 0 Å². The molecule has 0 unspecified atom stereocenters. The van der Waals surface area contributed by atoms with E-state index in [-0.39, 0.29) is 17.2 Å². The minimum Gasteiger partial charge on any atom is -0.329 e. The Kier molecular flexibility index (Phi) is 4.24. The molecule has 31 heavy (non-hydrogen) atoms. The monoisotopic (exact) mass is 440 g/mol. The molecule has 0 amide bonds. The van der Waals surface area contributed by atoms with Crippen molar-refractivity contribution in [2.24, 2.45) is 12.2 Å². The molecule has 0 aliphatic heterocycles. The molecule has 4 rings (SSSR count). The van der Waals surface area contributed by atoms with Gasteiger partial charge in [-0.3, -0.25) is 4.68 Å². The van der Waals surface area contributed by atoms with Crippen molar-refractivity contribution in [3.63, 3.8) is 0 Å². The number of hydrogen-bond donors (Lipinski definition) is 2. The molecule has 2 aromatic carbocycles. The fourth-order valence-corrected chi connectivity index (χ4v) is 3.89. The van der Waals surface area contributed by atoms with Gasteiger partial charge in [0.15, 0.2) is 0 Å². The lowest BCUT2D eigenvalue weighted by atomic mass is 10.2. The van der Waals surface area contributed by atoms with Gasteiger partial charge in [-0.15, -0.1) is 0 Å². The van der Waals surface area contributed by atoms with E-state index in [4.69, 9.17) is 9.25 Å². The number of aryl methyl sites for hydroxylation is 3. The number of aromatic nitrogens is 4. The van der Waals surface area contributed by atoms with E-state index in [2.05, 4.69) is 20.4 Å². The van der Waals surface area contributed by atoms with Gasteiger partial charge in [-0.1, -0.05) is 6.07 Å². The van der Waals surface area contributed by atoms with E-state index in [1.807, 2.05) is 48.8 Å². The Labute approximate surface area is 184 Å². The summed E-state index contributed by atoms with van der Waals surface area (Å²) >= 11 is 0. The molecule has 160 valence electrons. The number of benzene rings is 2. The summed E-state index contributed by atoms with van der Waals surface area (Å²) in [6.45, 7) is -0.625. The lowest BCUT2D eigenvalue weighted by Gasteiger charge is -2.19. The molecule has 0 aliphatic carbocycles. The number of fused-ring (bicyclic) bond motifs is 1. The van der Waals surface area contributed by atoms with E-state index >= 15 is 0 Å². The van der Waals surface area contributed by atoms with Crippen molar-refractivity contribution in [2.75, 3.05) is 17.3 Å². The Hall–Kier alpha value is -3.50. The molecule has 10 heteroatoms. The van der Waals surface area contributed by atoms with Crippen LogP contribution in [0.25, 0.3) is 10.9 Å². The molecule has 2 aromatic heterocycles. The standard InChI is InChI=1S/C21H23N7O2S/c1-13-5-6-15(11-19(13)31(22,29)30)24-21-23-10-9-20(25-21)27(3)16-7-8-17-14(2)28(4)26-18(17)12-16/h5-12H,1-4H3,(H2,22,29,30)(H,23,24,25)/i1D3. The smallest absolute Gasteiger partial charge is 0.238 e. The normalized spacial score (nSPS) is 13.5. The number of nitrogens with one attached hydrogen (secondary N) is 1. The van der Waals surface area contributed by atoms with Crippen molar-refractivity contribution >= 4 is 44.1 Å². The number of hydrogen-bond acceptors (Lipinski definition) is 7. The third-order valence-corrected chi connectivity index (χ3v) is 5.98. The van der Waals surface area contributed by atoms with Gasteiger partial charge in [0, 0.05) is 46.9 Å². The van der Waals surface area contributed by atoms with Crippen LogP contribution in [0.2, 0.25) is 0 Å². The highest BCUT2D eigenvalue weighted by molar-refractivity contribution is 7.89. The molecule has 0 bridgehead atoms. The minimum absolute atomic E-state index is 0.195. The Bertz CT molecular complexity index is 1500. The summed E-state index contributed by atoms with van der Waals surface area (Å²) in [5.74, 6) is 0.774. The van der Waals surface area contributed by atoms with Crippen LogP contribution in [0, 0.1) is 13.8 Å². The van der Waals surface area contributed by atoms with Crippen LogP contribution in [0.5, 0.6) is 0 Å². The van der Waals surface area contributed by atoms with Gasteiger partial charge in [-0.2, -0.15) is 10.1 Å². The topological polar surface area (TPSA) is 119 Å². The first-order valence-corrected chi connectivity index (χ1v) is 10.8. The summed E-state index contributed by atoms with van der Waals surface area (Å²) in [5, 5.41) is 13.7. The predicted octanol–water partition coefficient (Wildman–Crippen LogP) is 3.14. The van der Waals surface area contributed by atoms with Gasteiger partial charge in [-0.05, 0) is 55.7 Å². The van der Waals surface area contributed by atoms with Crippen LogP contribution in [-0.4, -0.2) is 35.2 Å². The zero-order valence-electron chi connectivity index (χ0n) is 20.2. The van der Waals surface area contributed by atoms with E-state index in [1.165, 1.54) is 12.1 Å². The Morgan fingerprint density at radius 1 is 1.19 bits per heavy atom. The molecule has 0 aliphatic rings. The van der Waals surface area contributed by atoms with Crippen LogP contribution >= 0.6 is 0 Å². The molecule has 0 fully saturated rings. The first kappa shape index (κ1) is 17.2. The van der Waals surface area contributed by atoms with Gasteiger partial charge in [-0.25, -0.2) is 18.5 Å². The number of sulfonamides is 1. The van der Waals surface area contributed by atoms with E-state index in [1.54, 1.807) is 12.3 Å². The lowest BCUT2D eigenvalue weighted by molar-refractivity contribution is 0.597. The second-order valence-electron chi connectivity index (χ2n) is 7.09. The molecule has 0 atom stereocenters. The summed E-state index contributed by atoms with van der Waals surface area (Å²) in [7, 11) is -0.515. The fourth-order valence-electron chi connectivity index (χ4n) is 3.22. The van der Waals surface area contributed by atoms with Gasteiger partial charge < -0.3 is 10.2 Å². The second kappa shape index (κ2) is 7.64. The summed E-state index contributed by atoms with van der Waals surface area (Å²) in [6.07, 6.45) is 1.56. The maximum absolute atomic E-state index is 12.0. The van der Waals surface area contributed by atoms with Crippen LogP contribution in [0.15, 0.2) is 53.6 Å². The average molecular weight is 441 g/mol. The van der Waals surface area contributed by atoms with E-state index < -0.39 is 21.8 Å². The zero-order chi connectivity index (χ0) is 24.8. The summed E-state index contributed by atoms with van der Waals surface area (Å²) < 4.78 is 48.5. The molecule has 0 saturated carbocycles. The van der Waals surface area contributed by atoms with Gasteiger partial charge in [0.05, 0.1) is 10.4 Å². The largest absolute Gasteiger partial charge is 0.329 e. The van der Waals surface area contributed by atoms with Crippen LogP contribution < -0.4 is 15.4 Å². The maximum atomic E-state index is 12.0. The molecule has 0 spiro atoms. The van der Waals surface area contributed by atoms with Crippen molar-refractivity contribution in [2.45, 2.75) is 18.7 Å². The molecule has 9 nitrogen and oxygen atoms in total. The van der Waals surface area contributed by atoms with Crippen LogP contribution in [0.1, 0.15) is 15.4 Å². The Balaban J connectivity index is 1.64. The number of nitrogens with two attached hydrogens (primary N) is 1. The van der Waals surface area contributed by atoms with Gasteiger partial charge in [0.1, 0.15) is 5.82 Å². The van der Waals surface area contributed by atoms with Crippen molar-refractivity contribution in [3.05, 3.63) is 59.9 Å². The van der Waals surface area contributed by atoms with E-state index in [0.29, 0.717) is 5.82 Å². The Morgan fingerprint density at radius 2 is 2.00 bits per heavy atom. The molecule has 2 heterocycles. The van der Waals surface area contributed by atoms with Crippen molar-refractivity contribution < 1.29 is 12.5 Å². The molecular weight excluding hydrogens is 414 g/mol. The molecule has 3 N–H and O–H groups in total. The minimum atomic E-state index is -4.27. The summed E-state index contributed by atoms with van der Waals surface area (Å²) in [5.41, 5.74) is 2.73. The first-order valence-electron chi connectivity index (χ1n) is 10.8. The summed E-state index contributed by atoms with van der Waals surface area (Å²) in [6, 6.07) is 11.5. The van der Waals surface area contributed by atoms with Crippen LogP contribution in [0.3, 0.4) is 0 Å². The average Bonchev–Trinajstić information content (AvgIpc) is 3.05. The number of anilines is 4. The van der Waals surface area contributed by atoms with Crippen LogP contribution in [0.4, 0.5) is 23.1 Å². The zero-order valence-corrected chi connectivity index (χ0v) is 18.0. The predicted molar refractivity (Wildman–Crippen MR) is 121 cm³/mol. The maximum Gasteiger partial charge on any atom is 0.238 e.